The van der Waals surface area contributed by atoms with E-state index in [4.69, 9.17) is 0 Å². The first-order valence-electron chi connectivity index (χ1n) is 10.6. The van der Waals surface area contributed by atoms with Crippen LogP contribution in [0.5, 0.6) is 0 Å². The van der Waals surface area contributed by atoms with Crippen molar-refractivity contribution in [3.63, 3.8) is 0 Å². The van der Waals surface area contributed by atoms with E-state index in [9.17, 15) is 14.9 Å². The standard InChI is InChI=1S/C24H25N5O3/c30-24(19-8-10-22(11-9-19)29(31)32)26-18-23(20-5-4-12-25-17-20)28-15-13-27(14-16-28)21-6-2-1-3-7-21/h1-12,17,23H,13-16,18H2,(H,26,30). The number of nitro benzene ring substituents is 1. The molecule has 2 aromatic carbocycles. The Kier molecular flexibility index (Phi) is 6.72. The molecular formula is C24H25N5O3. The molecule has 8 heteroatoms. The van der Waals surface area contributed by atoms with Gasteiger partial charge >= 0.3 is 0 Å². The van der Waals surface area contributed by atoms with Crippen LogP contribution in [0, 0.1) is 10.1 Å². The Morgan fingerprint density at radius 2 is 1.72 bits per heavy atom. The Labute approximate surface area is 186 Å². The minimum atomic E-state index is -0.477. The van der Waals surface area contributed by atoms with Gasteiger partial charge in [-0.25, -0.2) is 0 Å². The highest BCUT2D eigenvalue weighted by molar-refractivity contribution is 5.94. The lowest BCUT2D eigenvalue weighted by molar-refractivity contribution is -0.384. The number of carbonyl (C=O) groups is 1. The number of aromatic nitrogens is 1. The average Bonchev–Trinajstić information content (AvgIpc) is 2.85. The summed E-state index contributed by atoms with van der Waals surface area (Å²) in [4.78, 5) is 32.0. The maximum Gasteiger partial charge on any atom is 0.269 e. The predicted octanol–water partition coefficient (Wildman–Crippen LogP) is 3.28. The zero-order valence-corrected chi connectivity index (χ0v) is 17.6. The van der Waals surface area contributed by atoms with Gasteiger partial charge in [0.1, 0.15) is 0 Å². The molecule has 0 saturated carbocycles. The molecule has 0 radical (unpaired) electrons. The molecule has 1 amide bonds. The molecule has 1 fully saturated rings. The van der Waals surface area contributed by atoms with Crippen molar-refractivity contribution >= 4 is 17.3 Å². The Hall–Kier alpha value is -3.78. The van der Waals surface area contributed by atoms with Crippen molar-refractivity contribution in [3.05, 3.63) is 100 Å². The molecule has 2 heterocycles. The Bertz CT molecular complexity index is 1040. The maximum absolute atomic E-state index is 12.7. The molecule has 164 valence electrons. The second-order valence-electron chi connectivity index (χ2n) is 7.67. The molecule has 1 unspecified atom stereocenters. The van der Waals surface area contributed by atoms with Crippen LogP contribution in [-0.2, 0) is 0 Å². The van der Waals surface area contributed by atoms with Gasteiger partial charge in [0, 0.05) is 68.5 Å². The number of para-hydroxylation sites is 1. The van der Waals surface area contributed by atoms with Crippen LogP contribution in [0.15, 0.2) is 79.1 Å². The number of hydrogen-bond acceptors (Lipinski definition) is 6. The third-order valence-corrected chi connectivity index (χ3v) is 5.74. The maximum atomic E-state index is 12.7. The number of anilines is 1. The van der Waals surface area contributed by atoms with Crippen molar-refractivity contribution in [2.24, 2.45) is 0 Å². The van der Waals surface area contributed by atoms with Gasteiger partial charge in [-0.05, 0) is 35.9 Å². The number of pyridine rings is 1. The SMILES string of the molecule is O=C(NCC(c1cccnc1)N1CCN(c2ccccc2)CC1)c1ccc([N+](=O)[O-])cc1. The lowest BCUT2D eigenvalue weighted by atomic mass is 10.1. The summed E-state index contributed by atoms with van der Waals surface area (Å²) in [5.74, 6) is -0.253. The number of nitro groups is 1. The number of carbonyl (C=O) groups excluding carboxylic acids is 1. The normalized spacial score (nSPS) is 15.2. The Morgan fingerprint density at radius 3 is 2.34 bits per heavy atom. The summed E-state index contributed by atoms with van der Waals surface area (Å²) in [7, 11) is 0. The molecular weight excluding hydrogens is 406 g/mol. The number of nitrogens with zero attached hydrogens (tertiary/aromatic N) is 4. The van der Waals surface area contributed by atoms with E-state index in [0.717, 1.165) is 31.7 Å². The van der Waals surface area contributed by atoms with Crippen LogP contribution in [0.3, 0.4) is 0 Å². The van der Waals surface area contributed by atoms with Crippen molar-refractivity contribution < 1.29 is 9.72 Å². The number of piperazine rings is 1. The number of benzene rings is 2. The fraction of sp³-hybridized carbons (Fsp3) is 0.250. The van der Waals surface area contributed by atoms with Gasteiger partial charge < -0.3 is 10.2 Å². The minimum absolute atomic E-state index is 0.0105. The summed E-state index contributed by atoms with van der Waals surface area (Å²) in [6, 6.07) is 19.9. The van der Waals surface area contributed by atoms with Crippen molar-refractivity contribution in [2.75, 3.05) is 37.6 Å². The molecule has 0 spiro atoms. The van der Waals surface area contributed by atoms with Crippen molar-refractivity contribution in [3.8, 4) is 0 Å². The smallest absolute Gasteiger partial charge is 0.269 e. The second-order valence-corrected chi connectivity index (χ2v) is 7.67. The number of hydrogen-bond donors (Lipinski definition) is 1. The molecule has 1 aliphatic rings. The average molecular weight is 431 g/mol. The van der Waals surface area contributed by atoms with Crippen molar-refractivity contribution in [2.45, 2.75) is 6.04 Å². The van der Waals surface area contributed by atoms with Gasteiger partial charge in [0.2, 0.25) is 0 Å². The lowest BCUT2D eigenvalue weighted by Gasteiger charge is -2.40. The first-order valence-corrected chi connectivity index (χ1v) is 10.6. The number of rotatable bonds is 7. The van der Waals surface area contributed by atoms with Gasteiger partial charge in [-0.15, -0.1) is 0 Å². The van der Waals surface area contributed by atoms with Gasteiger partial charge in [-0.3, -0.25) is 24.8 Å². The van der Waals surface area contributed by atoms with Crippen LogP contribution < -0.4 is 10.2 Å². The molecule has 8 nitrogen and oxygen atoms in total. The van der Waals surface area contributed by atoms with Crippen LogP contribution >= 0.6 is 0 Å². The number of non-ortho nitro benzene ring substituents is 1. The molecule has 0 bridgehead atoms. The zero-order chi connectivity index (χ0) is 22.3. The van der Waals surface area contributed by atoms with Crippen LogP contribution in [0.25, 0.3) is 0 Å². The fourth-order valence-electron chi connectivity index (χ4n) is 3.99. The summed E-state index contributed by atoms with van der Waals surface area (Å²) >= 11 is 0. The second kappa shape index (κ2) is 10.0. The van der Waals surface area contributed by atoms with E-state index < -0.39 is 4.92 Å². The van der Waals surface area contributed by atoms with E-state index in [1.165, 1.54) is 30.0 Å². The molecule has 1 aliphatic heterocycles. The molecule has 3 aromatic rings. The summed E-state index contributed by atoms with van der Waals surface area (Å²) in [5, 5.41) is 13.8. The van der Waals surface area contributed by atoms with Gasteiger partial charge in [0.15, 0.2) is 0 Å². The van der Waals surface area contributed by atoms with E-state index in [2.05, 4.69) is 32.2 Å². The van der Waals surface area contributed by atoms with E-state index in [0.29, 0.717) is 12.1 Å². The lowest BCUT2D eigenvalue weighted by Crippen LogP contribution is -2.50. The van der Waals surface area contributed by atoms with E-state index in [1.54, 1.807) is 6.20 Å². The van der Waals surface area contributed by atoms with E-state index >= 15 is 0 Å². The highest BCUT2D eigenvalue weighted by atomic mass is 16.6. The highest BCUT2D eigenvalue weighted by Gasteiger charge is 2.26. The summed E-state index contributed by atoms with van der Waals surface area (Å²) in [6.07, 6.45) is 3.58. The molecule has 1 N–H and O–H groups in total. The fourth-order valence-corrected chi connectivity index (χ4v) is 3.99. The third kappa shape index (κ3) is 5.09. The van der Waals surface area contributed by atoms with E-state index in [1.807, 2.05) is 36.5 Å². The molecule has 32 heavy (non-hydrogen) atoms. The van der Waals surface area contributed by atoms with Gasteiger partial charge in [0.25, 0.3) is 11.6 Å². The molecule has 1 aromatic heterocycles. The van der Waals surface area contributed by atoms with E-state index in [-0.39, 0.29) is 17.6 Å². The summed E-state index contributed by atoms with van der Waals surface area (Å²) < 4.78 is 0. The van der Waals surface area contributed by atoms with Crippen LogP contribution in [0.4, 0.5) is 11.4 Å². The first-order chi connectivity index (χ1) is 15.6. The molecule has 1 atom stereocenters. The number of nitrogens with one attached hydrogen (secondary N) is 1. The van der Waals surface area contributed by atoms with Gasteiger partial charge in [-0.2, -0.15) is 0 Å². The van der Waals surface area contributed by atoms with Crippen LogP contribution in [0.2, 0.25) is 0 Å². The molecule has 0 aliphatic carbocycles. The quantitative estimate of drug-likeness (QED) is 0.456. The Balaban J connectivity index is 1.42. The zero-order valence-electron chi connectivity index (χ0n) is 17.6. The monoisotopic (exact) mass is 431 g/mol. The largest absolute Gasteiger partial charge is 0.369 e. The van der Waals surface area contributed by atoms with Gasteiger partial charge in [-0.1, -0.05) is 24.3 Å². The molecule has 1 saturated heterocycles. The van der Waals surface area contributed by atoms with Gasteiger partial charge in [0.05, 0.1) is 11.0 Å². The topological polar surface area (TPSA) is 91.6 Å². The van der Waals surface area contributed by atoms with Crippen LogP contribution in [0.1, 0.15) is 22.0 Å². The van der Waals surface area contributed by atoms with Crippen molar-refractivity contribution in [1.82, 2.24) is 15.2 Å². The Morgan fingerprint density at radius 1 is 1.00 bits per heavy atom. The predicted molar refractivity (Wildman–Crippen MR) is 123 cm³/mol. The first kappa shape index (κ1) is 21.5. The summed E-state index contributed by atoms with van der Waals surface area (Å²) in [5.41, 5.74) is 2.63. The highest BCUT2D eigenvalue weighted by Crippen LogP contribution is 2.23. The minimum Gasteiger partial charge on any atom is -0.369 e. The number of amides is 1. The third-order valence-electron chi connectivity index (χ3n) is 5.74. The van der Waals surface area contributed by atoms with Crippen molar-refractivity contribution in [1.29, 1.82) is 0 Å². The molecule has 4 rings (SSSR count). The summed E-state index contributed by atoms with van der Waals surface area (Å²) in [6.45, 7) is 3.95. The van der Waals surface area contributed by atoms with Crippen LogP contribution in [-0.4, -0.2) is 53.4 Å².